The number of halogens is 4. The first-order chi connectivity index (χ1) is 15.5. The molecule has 0 fully saturated rings. The summed E-state index contributed by atoms with van der Waals surface area (Å²) in [4.78, 5) is 23.9. The van der Waals surface area contributed by atoms with Crippen LogP contribution in [0.4, 0.5) is 18.9 Å². The van der Waals surface area contributed by atoms with Crippen molar-refractivity contribution in [2.45, 2.75) is 6.18 Å². The fourth-order valence-electron chi connectivity index (χ4n) is 3.07. The van der Waals surface area contributed by atoms with Crippen molar-refractivity contribution in [3.05, 3.63) is 99.1 Å². The maximum absolute atomic E-state index is 13.4. The van der Waals surface area contributed by atoms with Crippen molar-refractivity contribution >= 4 is 34.9 Å². The number of carbonyl (C=O) groups excluding carboxylic acids is 1. The van der Waals surface area contributed by atoms with E-state index in [0.29, 0.717) is 11.1 Å². The van der Waals surface area contributed by atoms with Gasteiger partial charge < -0.3 is 10.4 Å². The van der Waals surface area contributed by atoms with Gasteiger partial charge in [-0.05, 0) is 42.5 Å². The molecule has 3 N–H and O–H groups in total. The van der Waals surface area contributed by atoms with E-state index in [1.54, 1.807) is 0 Å². The Morgan fingerprint density at radius 1 is 1.03 bits per heavy atom. The third kappa shape index (κ3) is 5.05. The van der Waals surface area contributed by atoms with E-state index >= 15 is 0 Å². The van der Waals surface area contributed by atoms with Crippen molar-refractivity contribution in [2.75, 3.05) is 5.32 Å². The summed E-state index contributed by atoms with van der Waals surface area (Å²) >= 11 is 5.91. The maximum Gasteiger partial charge on any atom is 0.417 e. The molecule has 3 aromatic rings. The lowest BCUT2D eigenvalue weighted by Gasteiger charge is -2.17. The first-order valence-electron chi connectivity index (χ1n) is 9.23. The first-order valence-corrected chi connectivity index (χ1v) is 9.61. The SMILES string of the molecule is C#Cc1ccc(C(=N)c2ccc(C(=O)O)cc2)c(NC(=O)c2c(Cl)cccc2C(F)(F)F)c1. The van der Waals surface area contributed by atoms with Crippen molar-refractivity contribution in [1.29, 1.82) is 5.41 Å². The smallest absolute Gasteiger partial charge is 0.417 e. The van der Waals surface area contributed by atoms with Crippen LogP contribution < -0.4 is 5.32 Å². The molecule has 0 unspecified atom stereocenters. The van der Waals surface area contributed by atoms with Crippen LogP contribution in [0.5, 0.6) is 0 Å². The minimum Gasteiger partial charge on any atom is -0.478 e. The number of hydrogen-bond acceptors (Lipinski definition) is 3. The van der Waals surface area contributed by atoms with Crippen LogP contribution in [0.1, 0.15) is 43.0 Å². The van der Waals surface area contributed by atoms with E-state index in [-0.39, 0.29) is 22.5 Å². The molecule has 33 heavy (non-hydrogen) atoms. The molecule has 0 aliphatic heterocycles. The first kappa shape index (κ1) is 23.6. The summed E-state index contributed by atoms with van der Waals surface area (Å²) in [7, 11) is 0. The van der Waals surface area contributed by atoms with Gasteiger partial charge in [0.15, 0.2) is 0 Å². The number of hydrogen-bond donors (Lipinski definition) is 3. The molecule has 0 aliphatic carbocycles. The summed E-state index contributed by atoms with van der Waals surface area (Å²) in [6.07, 6.45) is 0.587. The van der Waals surface area contributed by atoms with Crippen molar-refractivity contribution in [3.63, 3.8) is 0 Å². The van der Waals surface area contributed by atoms with Gasteiger partial charge in [0.05, 0.1) is 33.1 Å². The van der Waals surface area contributed by atoms with E-state index in [9.17, 15) is 22.8 Å². The van der Waals surface area contributed by atoms with E-state index in [2.05, 4.69) is 11.2 Å². The largest absolute Gasteiger partial charge is 0.478 e. The van der Waals surface area contributed by atoms with Crippen molar-refractivity contribution in [2.24, 2.45) is 0 Å². The van der Waals surface area contributed by atoms with E-state index in [1.807, 2.05) is 0 Å². The summed E-state index contributed by atoms with van der Waals surface area (Å²) in [6, 6.07) is 12.7. The molecule has 0 atom stereocenters. The van der Waals surface area contributed by atoms with Crippen LogP contribution in [-0.2, 0) is 6.18 Å². The Hall–Kier alpha value is -4.09. The van der Waals surface area contributed by atoms with Gasteiger partial charge in [-0.15, -0.1) is 6.42 Å². The molecule has 0 saturated carbocycles. The second kappa shape index (κ2) is 9.18. The number of carboxylic acid groups (broad SMARTS) is 1. The Kier molecular flexibility index (Phi) is 6.56. The summed E-state index contributed by atoms with van der Waals surface area (Å²) in [5.74, 6) is 0.0934. The Morgan fingerprint density at radius 3 is 2.24 bits per heavy atom. The summed E-state index contributed by atoms with van der Waals surface area (Å²) in [5, 5.41) is 19.5. The highest BCUT2D eigenvalue weighted by Gasteiger charge is 2.36. The molecule has 3 rings (SSSR count). The number of anilines is 1. The number of carboxylic acids is 1. The second-order valence-corrected chi connectivity index (χ2v) is 7.18. The molecule has 0 spiro atoms. The lowest BCUT2D eigenvalue weighted by molar-refractivity contribution is -0.137. The average molecular weight is 471 g/mol. The minimum absolute atomic E-state index is 0.00388. The third-order valence-electron chi connectivity index (χ3n) is 4.67. The quantitative estimate of drug-likeness (QED) is 0.329. The van der Waals surface area contributed by atoms with Crippen molar-refractivity contribution in [1.82, 2.24) is 0 Å². The molecule has 0 aromatic heterocycles. The van der Waals surface area contributed by atoms with Gasteiger partial charge in [0, 0.05) is 16.7 Å². The standard InChI is InChI=1S/C24H14ClF3N2O3/c1-2-13-6-11-16(21(29)14-7-9-15(10-8-14)23(32)33)19(12-13)30-22(31)20-17(24(26,27)28)4-3-5-18(20)25/h1,3-12,29H,(H,30,31)(H,32,33). The number of terminal acetylenes is 1. The predicted molar refractivity (Wildman–Crippen MR) is 118 cm³/mol. The molecule has 9 heteroatoms. The lowest BCUT2D eigenvalue weighted by atomic mass is 9.98. The van der Waals surface area contributed by atoms with Crippen LogP contribution in [0.25, 0.3) is 0 Å². The van der Waals surface area contributed by atoms with E-state index < -0.39 is 34.2 Å². The van der Waals surface area contributed by atoms with Crippen LogP contribution in [0.15, 0.2) is 60.7 Å². The van der Waals surface area contributed by atoms with Gasteiger partial charge in [-0.3, -0.25) is 10.2 Å². The van der Waals surface area contributed by atoms with Crippen molar-refractivity contribution in [3.8, 4) is 12.3 Å². The molecule has 3 aromatic carbocycles. The van der Waals surface area contributed by atoms with Crippen LogP contribution in [0.3, 0.4) is 0 Å². The molecule has 5 nitrogen and oxygen atoms in total. The molecule has 0 saturated heterocycles. The van der Waals surface area contributed by atoms with Crippen molar-refractivity contribution < 1.29 is 27.9 Å². The van der Waals surface area contributed by atoms with Gasteiger partial charge in [0.1, 0.15) is 0 Å². The zero-order valence-corrected chi connectivity index (χ0v) is 17.4. The summed E-state index contributed by atoms with van der Waals surface area (Å²) in [6.45, 7) is 0. The molecule has 166 valence electrons. The van der Waals surface area contributed by atoms with Crippen LogP contribution in [-0.4, -0.2) is 22.7 Å². The van der Waals surface area contributed by atoms with E-state index in [4.69, 9.17) is 28.5 Å². The maximum atomic E-state index is 13.4. The van der Waals surface area contributed by atoms with Gasteiger partial charge in [-0.25, -0.2) is 4.79 Å². The van der Waals surface area contributed by atoms with Crippen LogP contribution >= 0.6 is 11.6 Å². The zero-order valence-electron chi connectivity index (χ0n) is 16.6. The monoisotopic (exact) mass is 470 g/mol. The molecule has 0 aliphatic rings. The zero-order chi connectivity index (χ0) is 24.3. The number of carbonyl (C=O) groups is 2. The van der Waals surface area contributed by atoms with Gasteiger partial charge in [-0.2, -0.15) is 13.2 Å². The highest BCUT2D eigenvalue weighted by molar-refractivity contribution is 6.34. The van der Waals surface area contributed by atoms with Gasteiger partial charge in [-0.1, -0.05) is 35.7 Å². The minimum atomic E-state index is -4.82. The number of alkyl halides is 3. The number of nitrogens with one attached hydrogen (secondary N) is 2. The third-order valence-corrected chi connectivity index (χ3v) is 4.99. The lowest BCUT2D eigenvalue weighted by Crippen LogP contribution is -2.20. The fraction of sp³-hybridized carbons (Fsp3) is 0.0417. The van der Waals surface area contributed by atoms with E-state index in [0.717, 1.165) is 18.2 Å². The predicted octanol–water partition coefficient (Wildman–Crippen LogP) is 5.71. The Balaban J connectivity index is 2.04. The molecule has 1 amide bonds. The van der Waals surface area contributed by atoms with Gasteiger partial charge in [0.2, 0.25) is 0 Å². The number of amides is 1. The number of rotatable bonds is 5. The Labute approximate surface area is 191 Å². The highest BCUT2D eigenvalue weighted by Crippen LogP contribution is 2.35. The molecule has 0 bridgehead atoms. The molecular weight excluding hydrogens is 457 g/mol. The number of aromatic carboxylic acids is 1. The average Bonchev–Trinajstić information content (AvgIpc) is 2.77. The highest BCUT2D eigenvalue weighted by atomic mass is 35.5. The van der Waals surface area contributed by atoms with Crippen LogP contribution in [0.2, 0.25) is 5.02 Å². The normalized spacial score (nSPS) is 10.9. The van der Waals surface area contributed by atoms with Gasteiger partial charge >= 0.3 is 12.1 Å². The molecule has 0 heterocycles. The Morgan fingerprint density at radius 2 is 1.67 bits per heavy atom. The fourth-order valence-corrected chi connectivity index (χ4v) is 3.33. The van der Waals surface area contributed by atoms with Gasteiger partial charge in [0.25, 0.3) is 5.91 Å². The van der Waals surface area contributed by atoms with E-state index in [1.165, 1.54) is 42.5 Å². The Bertz CT molecular complexity index is 1310. The summed E-state index contributed by atoms with van der Waals surface area (Å²) < 4.78 is 40.3. The second-order valence-electron chi connectivity index (χ2n) is 6.78. The summed E-state index contributed by atoms with van der Waals surface area (Å²) in [5.41, 5.74) is -1.28. The topological polar surface area (TPSA) is 90.2 Å². The molecular formula is C24H14ClF3N2O3. The number of benzene rings is 3. The van der Waals surface area contributed by atoms with Crippen LogP contribution in [0, 0.1) is 17.8 Å². The molecule has 0 radical (unpaired) electrons.